The van der Waals surface area contributed by atoms with Gasteiger partial charge in [-0.15, -0.1) is 0 Å². The highest BCUT2D eigenvalue weighted by Crippen LogP contribution is 2.14. The van der Waals surface area contributed by atoms with E-state index in [9.17, 15) is 24.0 Å². The number of amides is 6. The molecule has 0 saturated carbocycles. The van der Waals surface area contributed by atoms with Crippen LogP contribution in [0, 0.1) is 0 Å². The van der Waals surface area contributed by atoms with Crippen molar-refractivity contribution in [2.75, 3.05) is 30.3 Å². The van der Waals surface area contributed by atoms with Gasteiger partial charge in [-0.05, 0) is 48.5 Å². The molecule has 33 heavy (non-hydrogen) atoms. The normalized spacial score (nSPS) is 12.8. The number of halogens is 1. The molecule has 1 saturated heterocycles. The highest BCUT2D eigenvalue weighted by Gasteiger charge is 2.28. The molecule has 2 aromatic rings. The van der Waals surface area contributed by atoms with Crippen molar-refractivity contribution in [3.8, 4) is 0 Å². The summed E-state index contributed by atoms with van der Waals surface area (Å²) in [4.78, 5) is 60.1. The average molecular weight is 472 g/mol. The van der Waals surface area contributed by atoms with E-state index in [2.05, 4.69) is 21.3 Å². The van der Waals surface area contributed by atoms with Crippen LogP contribution in [0.25, 0.3) is 0 Å². The number of imide groups is 1. The molecule has 1 heterocycles. The third-order valence-corrected chi connectivity index (χ3v) is 4.95. The quantitative estimate of drug-likeness (QED) is 0.414. The van der Waals surface area contributed by atoms with Crippen molar-refractivity contribution in [2.24, 2.45) is 0 Å². The molecule has 0 aliphatic carbocycles. The van der Waals surface area contributed by atoms with E-state index in [0.29, 0.717) is 22.0 Å². The molecule has 0 bridgehead atoms. The standard InChI is InChI=1S/C22H22ClN5O5/c23-15-3-1-14(2-4-15)21(32)24-11-9-18(29)26-16-5-7-17(8-6-16)27-19(30)10-12-28-20(31)13-25-22(28)33/h1-8H,9-13H2,(H,24,32)(H,25,33)(H,26,29)(H,27,30). The zero-order valence-corrected chi connectivity index (χ0v) is 18.3. The summed E-state index contributed by atoms with van der Waals surface area (Å²) >= 11 is 5.79. The molecule has 0 radical (unpaired) electrons. The van der Waals surface area contributed by atoms with Gasteiger partial charge in [0, 0.05) is 47.9 Å². The minimum Gasteiger partial charge on any atom is -0.352 e. The van der Waals surface area contributed by atoms with Crippen molar-refractivity contribution in [1.82, 2.24) is 15.5 Å². The monoisotopic (exact) mass is 471 g/mol. The molecule has 0 unspecified atom stereocenters. The van der Waals surface area contributed by atoms with Crippen LogP contribution in [0.1, 0.15) is 23.2 Å². The van der Waals surface area contributed by atoms with Gasteiger partial charge in [-0.25, -0.2) is 4.79 Å². The average Bonchev–Trinajstić information content (AvgIpc) is 3.11. The number of carbonyl (C=O) groups excluding carboxylic acids is 5. The Kier molecular flexibility index (Phi) is 7.98. The summed E-state index contributed by atoms with van der Waals surface area (Å²) in [6.07, 6.45) is 0.0556. The van der Waals surface area contributed by atoms with Crippen LogP contribution in [-0.2, 0) is 14.4 Å². The highest BCUT2D eigenvalue weighted by molar-refractivity contribution is 6.30. The number of nitrogens with zero attached hydrogens (tertiary/aromatic N) is 1. The van der Waals surface area contributed by atoms with Crippen molar-refractivity contribution in [3.63, 3.8) is 0 Å². The molecule has 1 fully saturated rings. The summed E-state index contributed by atoms with van der Waals surface area (Å²) < 4.78 is 0. The summed E-state index contributed by atoms with van der Waals surface area (Å²) in [7, 11) is 0. The van der Waals surface area contributed by atoms with E-state index >= 15 is 0 Å². The van der Waals surface area contributed by atoms with E-state index in [0.717, 1.165) is 4.90 Å². The Labute approximate surface area is 194 Å². The van der Waals surface area contributed by atoms with E-state index in [1.807, 2.05) is 0 Å². The summed E-state index contributed by atoms with van der Waals surface area (Å²) in [5.41, 5.74) is 1.49. The Morgan fingerprint density at radius 2 is 1.45 bits per heavy atom. The predicted octanol–water partition coefficient (Wildman–Crippen LogP) is 1.98. The lowest BCUT2D eigenvalue weighted by molar-refractivity contribution is -0.125. The Morgan fingerprint density at radius 3 is 2.00 bits per heavy atom. The van der Waals surface area contributed by atoms with Crippen molar-refractivity contribution in [1.29, 1.82) is 0 Å². The Morgan fingerprint density at radius 1 is 0.879 bits per heavy atom. The summed E-state index contributed by atoms with van der Waals surface area (Å²) in [6, 6.07) is 12.4. The SMILES string of the molecule is O=C(CCNC(=O)c1ccc(Cl)cc1)Nc1ccc(NC(=O)CCN2C(=O)CNC2=O)cc1. The van der Waals surface area contributed by atoms with E-state index < -0.39 is 6.03 Å². The second-order valence-corrected chi connectivity index (χ2v) is 7.58. The van der Waals surface area contributed by atoms with E-state index in [4.69, 9.17) is 11.6 Å². The van der Waals surface area contributed by atoms with Crippen LogP contribution in [-0.4, -0.2) is 54.2 Å². The summed E-state index contributed by atoms with van der Waals surface area (Å²) in [5, 5.41) is 11.0. The second kappa shape index (κ2) is 11.1. The van der Waals surface area contributed by atoms with Gasteiger partial charge in [-0.1, -0.05) is 11.6 Å². The number of rotatable bonds is 9. The van der Waals surface area contributed by atoms with Gasteiger partial charge in [0.25, 0.3) is 5.91 Å². The summed E-state index contributed by atoms with van der Waals surface area (Å²) in [6.45, 7) is 0.112. The molecule has 1 aliphatic heterocycles. The molecule has 4 N–H and O–H groups in total. The number of urea groups is 1. The number of benzene rings is 2. The molecule has 0 aromatic heterocycles. The van der Waals surface area contributed by atoms with Crippen LogP contribution in [0.5, 0.6) is 0 Å². The van der Waals surface area contributed by atoms with Crippen molar-refractivity contribution in [2.45, 2.75) is 12.8 Å². The Hall–Kier alpha value is -3.92. The lowest BCUT2D eigenvalue weighted by atomic mass is 10.2. The third kappa shape index (κ3) is 7.04. The molecule has 3 rings (SSSR count). The van der Waals surface area contributed by atoms with E-state index in [-0.39, 0.29) is 56.1 Å². The van der Waals surface area contributed by atoms with Gasteiger partial charge in [0.15, 0.2) is 0 Å². The van der Waals surface area contributed by atoms with Crippen LogP contribution >= 0.6 is 11.6 Å². The first-order chi connectivity index (χ1) is 15.8. The van der Waals surface area contributed by atoms with Gasteiger partial charge in [0.05, 0.1) is 6.54 Å². The first kappa shape index (κ1) is 23.7. The van der Waals surface area contributed by atoms with Crippen LogP contribution in [0.2, 0.25) is 5.02 Å². The lowest BCUT2D eigenvalue weighted by Gasteiger charge is -2.12. The molecular weight excluding hydrogens is 450 g/mol. The molecule has 1 aliphatic rings. The van der Waals surface area contributed by atoms with Gasteiger partial charge in [-0.3, -0.25) is 24.1 Å². The summed E-state index contributed by atoms with van der Waals surface area (Å²) in [5.74, 6) is -1.29. The largest absolute Gasteiger partial charge is 0.352 e. The number of hydrogen-bond acceptors (Lipinski definition) is 5. The van der Waals surface area contributed by atoms with E-state index in [1.165, 1.54) is 0 Å². The number of nitrogens with one attached hydrogen (secondary N) is 4. The van der Waals surface area contributed by atoms with Crippen LogP contribution in [0.4, 0.5) is 16.2 Å². The maximum Gasteiger partial charge on any atom is 0.324 e. The van der Waals surface area contributed by atoms with Crippen molar-refractivity contribution >= 4 is 52.6 Å². The van der Waals surface area contributed by atoms with Gasteiger partial charge in [0.2, 0.25) is 17.7 Å². The van der Waals surface area contributed by atoms with Crippen molar-refractivity contribution < 1.29 is 24.0 Å². The maximum atomic E-state index is 12.1. The number of carbonyl (C=O) groups is 5. The number of anilines is 2. The molecule has 2 aromatic carbocycles. The van der Waals surface area contributed by atoms with Gasteiger partial charge >= 0.3 is 6.03 Å². The molecule has 6 amide bonds. The fourth-order valence-corrected chi connectivity index (χ4v) is 3.10. The van der Waals surface area contributed by atoms with Gasteiger partial charge < -0.3 is 21.3 Å². The first-order valence-corrected chi connectivity index (χ1v) is 10.5. The minimum atomic E-state index is -0.502. The predicted molar refractivity (Wildman–Crippen MR) is 122 cm³/mol. The molecule has 10 nitrogen and oxygen atoms in total. The Bertz CT molecular complexity index is 1040. The van der Waals surface area contributed by atoms with Crippen LogP contribution < -0.4 is 21.3 Å². The van der Waals surface area contributed by atoms with E-state index in [1.54, 1.807) is 48.5 Å². The fourth-order valence-electron chi connectivity index (χ4n) is 2.97. The second-order valence-electron chi connectivity index (χ2n) is 7.14. The zero-order valence-electron chi connectivity index (χ0n) is 17.5. The smallest absolute Gasteiger partial charge is 0.324 e. The third-order valence-electron chi connectivity index (χ3n) is 4.70. The zero-order chi connectivity index (χ0) is 23.8. The molecule has 0 atom stereocenters. The fraction of sp³-hybridized carbons (Fsp3) is 0.227. The number of hydrogen-bond donors (Lipinski definition) is 4. The van der Waals surface area contributed by atoms with Crippen LogP contribution in [0.3, 0.4) is 0 Å². The molecule has 11 heteroatoms. The van der Waals surface area contributed by atoms with Gasteiger partial charge in [0.1, 0.15) is 0 Å². The topological polar surface area (TPSA) is 137 Å². The van der Waals surface area contributed by atoms with Crippen molar-refractivity contribution in [3.05, 3.63) is 59.1 Å². The lowest BCUT2D eigenvalue weighted by Crippen LogP contribution is -2.33. The highest BCUT2D eigenvalue weighted by atomic mass is 35.5. The van der Waals surface area contributed by atoms with Crippen LogP contribution in [0.15, 0.2) is 48.5 Å². The Balaban J connectivity index is 1.37. The minimum absolute atomic E-state index is 0.000796. The van der Waals surface area contributed by atoms with Gasteiger partial charge in [-0.2, -0.15) is 0 Å². The first-order valence-electron chi connectivity index (χ1n) is 10.1. The molecule has 0 spiro atoms. The molecular formula is C22H22ClN5O5. The molecule has 172 valence electrons. The maximum absolute atomic E-state index is 12.1.